The number of carbonyl (C=O) groups is 2. The second-order valence-electron chi connectivity index (χ2n) is 3.67. The molecule has 1 aromatic carbocycles. The summed E-state index contributed by atoms with van der Waals surface area (Å²) in [4.78, 5) is 21.3. The number of hydrogen-bond acceptors (Lipinski definition) is 4. The molecule has 0 spiro atoms. The normalized spacial score (nSPS) is 10.7. The van der Waals surface area contributed by atoms with Crippen molar-refractivity contribution >= 4 is 28.9 Å². The van der Waals surface area contributed by atoms with Crippen molar-refractivity contribution in [1.29, 1.82) is 0 Å². The molecular weight excluding hydrogens is 252 g/mol. The van der Waals surface area contributed by atoms with E-state index < -0.39 is 5.97 Å². The van der Waals surface area contributed by atoms with Gasteiger partial charge < -0.3 is 10.2 Å². The van der Waals surface area contributed by atoms with E-state index in [9.17, 15) is 14.7 Å². The zero-order valence-electron chi connectivity index (χ0n) is 9.92. The summed E-state index contributed by atoms with van der Waals surface area (Å²) in [7, 11) is 0. The van der Waals surface area contributed by atoms with Crippen LogP contribution in [-0.4, -0.2) is 27.1 Å². The van der Waals surface area contributed by atoms with Gasteiger partial charge in [0.15, 0.2) is 5.12 Å². The maximum absolute atomic E-state index is 10.7. The molecule has 0 fully saturated rings. The predicted octanol–water partition coefficient (Wildman–Crippen LogP) is 2.31. The number of phenols is 1. The molecular formula is C13H14O4S. The van der Waals surface area contributed by atoms with Crippen LogP contribution in [0.1, 0.15) is 18.1 Å². The number of phenolic OH excluding ortho intramolecular Hbond substituents is 1. The first kappa shape index (κ1) is 14.3. The minimum atomic E-state index is -0.914. The fraction of sp³-hybridized carbons (Fsp3) is 0.231. The van der Waals surface area contributed by atoms with Crippen LogP contribution in [0.4, 0.5) is 0 Å². The summed E-state index contributed by atoms with van der Waals surface area (Å²) in [5.41, 5.74) is 1.18. The van der Waals surface area contributed by atoms with Crippen molar-refractivity contribution in [3.63, 3.8) is 0 Å². The summed E-state index contributed by atoms with van der Waals surface area (Å²) >= 11 is 1.17. The largest absolute Gasteiger partial charge is 0.507 e. The van der Waals surface area contributed by atoms with Crippen molar-refractivity contribution in [3.8, 4) is 5.75 Å². The molecule has 0 heterocycles. The number of aromatic hydroxyl groups is 1. The van der Waals surface area contributed by atoms with Crippen molar-refractivity contribution in [2.75, 3.05) is 5.75 Å². The minimum Gasteiger partial charge on any atom is -0.507 e. The molecule has 0 radical (unpaired) electrons. The van der Waals surface area contributed by atoms with Gasteiger partial charge in [0.25, 0.3) is 0 Å². The molecule has 0 aliphatic rings. The highest BCUT2D eigenvalue weighted by Gasteiger charge is 2.03. The topological polar surface area (TPSA) is 74.6 Å². The summed E-state index contributed by atoms with van der Waals surface area (Å²) in [5, 5.41) is 18.3. The highest BCUT2D eigenvalue weighted by Crippen LogP contribution is 2.20. The van der Waals surface area contributed by atoms with Crippen LogP contribution < -0.4 is 0 Å². The fourth-order valence-electron chi connectivity index (χ4n) is 1.36. The zero-order valence-corrected chi connectivity index (χ0v) is 10.7. The number of carboxylic acids is 1. The van der Waals surface area contributed by atoms with Gasteiger partial charge in [0.2, 0.25) is 0 Å². The molecule has 0 aliphatic carbocycles. The van der Waals surface area contributed by atoms with Crippen LogP contribution in [0.2, 0.25) is 0 Å². The SMILES string of the molecule is CC(=O)SCC=Cc1cc(CC(=O)O)ccc1O. The summed E-state index contributed by atoms with van der Waals surface area (Å²) in [5.74, 6) is -0.297. The first-order chi connectivity index (χ1) is 8.49. The number of hydrogen-bond donors (Lipinski definition) is 2. The molecule has 0 aromatic heterocycles. The van der Waals surface area contributed by atoms with E-state index in [-0.39, 0.29) is 17.3 Å². The highest BCUT2D eigenvalue weighted by atomic mass is 32.2. The third-order valence-corrected chi connectivity index (χ3v) is 2.89. The molecule has 18 heavy (non-hydrogen) atoms. The van der Waals surface area contributed by atoms with Crippen LogP contribution in [0.25, 0.3) is 6.08 Å². The van der Waals surface area contributed by atoms with Crippen LogP contribution in [0.15, 0.2) is 24.3 Å². The summed E-state index contributed by atoms with van der Waals surface area (Å²) in [6, 6.07) is 4.67. The highest BCUT2D eigenvalue weighted by molar-refractivity contribution is 8.13. The van der Waals surface area contributed by atoms with Gasteiger partial charge in [-0.2, -0.15) is 0 Å². The van der Waals surface area contributed by atoms with E-state index in [4.69, 9.17) is 5.11 Å². The molecule has 2 N–H and O–H groups in total. The fourth-order valence-corrected chi connectivity index (χ4v) is 1.79. The monoisotopic (exact) mass is 266 g/mol. The van der Waals surface area contributed by atoms with Crippen molar-refractivity contribution in [1.82, 2.24) is 0 Å². The maximum atomic E-state index is 10.7. The van der Waals surface area contributed by atoms with Crippen LogP contribution in [-0.2, 0) is 16.0 Å². The lowest BCUT2D eigenvalue weighted by atomic mass is 10.1. The van der Waals surface area contributed by atoms with Gasteiger partial charge in [0.1, 0.15) is 5.75 Å². The lowest BCUT2D eigenvalue weighted by Crippen LogP contribution is -1.99. The zero-order chi connectivity index (χ0) is 13.5. The standard InChI is InChI=1S/C13H14O4S/c1-9(14)18-6-2-3-11-7-10(8-13(16)17)4-5-12(11)15/h2-5,7,15H,6,8H2,1H3,(H,16,17). The molecule has 5 heteroatoms. The Morgan fingerprint density at radius 2 is 2.11 bits per heavy atom. The number of carbonyl (C=O) groups excluding carboxylic acids is 1. The van der Waals surface area contributed by atoms with Gasteiger partial charge in [0, 0.05) is 18.2 Å². The van der Waals surface area contributed by atoms with Crippen molar-refractivity contribution in [2.45, 2.75) is 13.3 Å². The van der Waals surface area contributed by atoms with Crippen LogP contribution in [0.3, 0.4) is 0 Å². The Bertz CT molecular complexity index is 480. The van der Waals surface area contributed by atoms with Crippen LogP contribution in [0, 0.1) is 0 Å². The van der Waals surface area contributed by atoms with Gasteiger partial charge in [-0.05, 0) is 17.7 Å². The molecule has 0 saturated carbocycles. The van der Waals surface area contributed by atoms with E-state index in [0.717, 1.165) is 0 Å². The number of rotatable bonds is 5. The predicted molar refractivity (Wildman–Crippen MR) is 71.6 cm³/mol. The Balaban J connectivity index is 2.74. The maximum Gasteiger partial charge on any atom is 0.307 e. The Labute approximate surface area is 109 Å². The van der Waals surface area contributed by atoms with Gasteiger partial charge in [-0.3, -0.25) is 9.59 Å². The van der Waals surface area contributed by atoms with E-state index in [1.54, 1.807) is 24.3 Å². The molecule has 0 amide bonds. The van der Waals surface area contributed by atoms with Gasteiger partial charge in [0.05, 0.1) is 6.42 Å². The van der Waals surface area contributed by atoms with E-state index in [1.807, 2.05) is 0 Å². The number of benzene rings is 1. The van der Waals surface area contributed by atoms with Crippen LogP contribution >= 0.6 is 11.8 Å². The minimum absolute atomic E-state index is 0.0310. The van der Waals surface area contributed by atoms with Gasteiger partial charge >= 0.3 is 5.97 Å². The number of aliphatic carboxylic acids is 1. The van der Waals surface area contributed by atoms with E-state index in [1.165, 1.54) is 24.8 Å². The van der Waals surface area contributed by atoms with E-state index in [2.05, 4.69) is 0 Å². The lowest BCUT2D eigenvalue weighted by Gasteiger charge is -2.02. The van der Waals surface area contributed by atoms with Crippen molar-refractivity contribution in [3.05, 3.63) is 35.4 Å². The molecule has 0 bridgehead atoms. The van der Waals surface area contributed by atoms with Crippen LogP contribution in [0.5, 0.6) is 5.75 Å². The number of carboxylic acid groups (broad SMARTS) is 1. The third kappa shape index (κ3) is 5.05. The van der Waals surface area contributed by atoms with E-state index >= 15 is 0 Å². The van der Waals surface area contributed by atoms with Crippen molar-refractivity contribution in [2.24, 2.45) is 0 Å². The Morgan fingerprint density at radius 1 is 1.39 bits per heavy atom. The Kier molecular flexibility index (Phi) is 5.45. The first-order valence-electron chi connectivity index (χ1n) is 5.32. The molecule has 0 aliphatic heterocycles. The smallest absolute Gasteiger partial charge is 0.307 e. The van der Waals surface area contributed by atoms with Crippen molar-refractivity contribution < 1.29 is 19.8 Å². The molecule has 1 rings (SSSR count). The third-order valence-electron chi connectivity index (χ3n) is 2.13. The molecule has 96 valence electrons. The first-order valence-corrected chi connectivity index (χ1v) is 6.31. The lowest BCUT2D eigenvalue weighted by molar-refractivity contribution is -0.136. The molecule has 4 nitrogen and oxygen atoms in total. The Morgan fingerprint density at radius 3 is 2.72 bits per heavy atom. The molecule has 1 aromatic rings. The quantitative estimate of drug-likeness (QED) is 0.855. The van der Waals surface area contributed by atoms with Gasteiger partial charge in [-0.1, -0.05) is 30.0 Å². The van der Waals surface area contributed by atoms with E-state index in [0.29, 0.717) is 16.9 Å². The second kappa shape index (κ2) is 6.86. The van der Waals surface area contributed by atoms with Gasteiger partial charge in [-0.25, -0.2) is 0 Å². The molecule has 0 unspecified atom stereocenters. The average molecular weight is 266 g/mol. The summed E-state index contributed by atoms with van der Waals surface area (Å²) in [6.07, 6.45) is 3.35. The second-order valence-corrected chi connectivity index (χ2v) is 4.87. The molecule has 0 atom stereocenters. The van der Waals surface area contributed by atoms with Gasteiger partial charge in [-0.15, -0.1) is 0 Å². The average Bonchev–Trinajstić information content (AvgIpc) is 2.27. The summed E-state index contributed by atoms with van der Waals surface area (Å²) in [6.45, 7) is 1.49. The Hall–Kier alpha value is -1.75. The number of thioether (sulfide) groups is 1. The molecule has 0 saturated heterocycles. The summed E-state index contributed by atoms with van der Waals surface area (Å²) < 4.78 is 0.